The van der Waals surface area contributed by atoms with E-state index in [1.54, 1.807) is 6.08 Å². The second-order valence-corrected chi connectivity index (χ2v) is 3.39. The van der Waals surface area contributed by atoms with Crippen LogP contribution in [-0.4, -0.2) is 6.04 Å². The quantitative estimate of drug-likeness (QED) is 0.762. The number of nitrogens with two attached hydrogens (primary N) is 1. The molecule has 0 radical (unpaired) electrons. The van der Waals surface area contributed by atoms with Crippen LogP contribution in [0.3, 0.4) is 0 Å². The third-order valence-corrected chi connectivity index (χ3v) is 2.34. The molecule has 15 heavy (non-hydrogen) atoms. The Morgan fingerprint density at radius 3 is 2.20 bits per heavy atom. The summed E-state index contributed by atoms with van der Waals surface area (Å²) in [5, 5.41) is 0. The van der Waals surface area contributed by atoms with Gasteiger partial charge in [0, 0.05) is 12.0 Å². The standard InChI is InChI=1S/C13H17N.ClH/c1-3-11(10-13(14)4-2)12-8-6-5-7-9-12;/h3-9,11,13H,1-2,10,14H2;1H. The fourth-order valence-corrected chi connectivity index (χ4v) is 1.46. The highest BCUT2D eigenvalue weighted by atomic mass is 35.5. The molecule has 1 rings (SSSR count). The Hall–Kier alpha value is -1.05. The number of allylic oxidation sites excluding steroid dienone is 1. The Morgan fingerprint density at radius 2 is 1.73 bits per heavy atom. The minimum Gasteiger partial charge on any atom is -0.324 e. The predicted molar refractivity (Wildman–Crippen MR) is 69.4 cm³/mol. The number of hydrogen-bond acceptors (Lipinski definition) is 1. The average molecular weight is 224 g/mol. The summed E-state index contributed by atoms with van der Waals surface area (Å²) in [7, 11) is 0. The van der Waals surface area contributed by atoms with E-state index in [0.29, 0.717) is 5.92 Å². The summed E-state index contributed by atoms with van der Waals surface area (Å²) in [6.07, 6.45) is 4.59. The summed E-state index contributed by atoms with van der Waals surface area (Å²) in [4.78, 5) is 0. The zero-order valence-corrected chi connectivity index (χ0v) is 9.62. The lowest BCUT2D eigenvalue weighted by Crippen LogP contribution is -2.19. The fraction of sp³-hybridized carbons (Fsp3) is 0.231. The Bertz CT molecular complexity index is 295. The number of halogens is 1. The van der Waals surface area contributed by atoms with Gasteiger partial charge in [-0.1, -0.05) is 42.5 Å². The molecule has 2 heteroatoms. The Labute approximate surface area is 98.1 Å². The molecule has 0 aliphatic heterocycles. The first-order chi connectivity index (χ1) is 6.77. The van der Waals surface area contributed by atoms with Gasteiger partial charge in [0.25, 0.3) is 0 Å². The Morgan fingerprint density at radius 1 is 1.13 bits per heavy atom. The highest BCUT2D eigenvalue weighted by Crippen LogP contribution is 2.21. The molecule has 0 aromatic heterocycles. The van der Waals surface area contributed by atoms with E-state index in [-0.39, 0.29) is 18.4 Å². The van der Waals surface area contributed by atoms with Crippen LogP contribution in [0.4, 0.5) is 0 Å². The highest BCUT2D eigenvalue weighted by molar-refractivity contribution is 5.85. The summed E-state index contributed by atoms with van der Waals surface area (Å²) in [6, 6.07) is 10.3. The molecule has 1 aromatic rings. The van der Waals surface area contributed by atoms with Crippen molar-refractivity contribution in [2.24, 2.45) is 5.73 Å². The normalized spacial score (nSPS) is 13.4. The van der Waals surface area contributed by atoms with Crippen LogP contribution in [0.5, 0.6) is 0 Å². The van der Waals surface area contributed by atoms with Crippen molar-refractivity contribution < 1.29 is 0 Å². The van der Waals surface area contributed by atoms with Crippen molar-refractivity contribution in [2.45, 2.75) is 18.4 Å². The van der Waals surface area contributed by atoms with Gasteiger partial charge in [0.1, 0.15) is 0 Å². The maximum atomic E-state index is 5.82. The van der Waals surface area contributed by atoms with E-state index in [9.17, 15) is 0 Å². The third kappa shape index (κ3) is 4.32. The molecule has 0 heterocycles. The highest BCUT2D eigenvalue weighted by Gasteiger charge is 2.09. The van der Waals surface area contributed by atoms with Gasteiger partial charge in [-0.15, -0.1) is 25.6 Å². The summed E-state index contributed by atoms with van der Waals surface area (Å²) in [5.41, 5.74) is 7.08. The van der Waals surface area contributed by atoms with Gasteiger partial charge in [-0.25, -0.2) is 0 Å². The van der Waals surface area contributed by atoms with E-state index in [1.807, 2.05) is 24.3 Å². The molecular formula is C13H18ClN. The summed E-state index contributed by atoms with van der Waals surface area (Å²) >= 11 is 0. The first-order valence-corrected chi connectivity index (χ1v) is 4.83. The molecular weight excluding hydrogens is 206 g/mol. The SMILES string of the molecule is C=CC(N)CC(C=C)c1ccccc1.Cl. The zero-order valence-electron chi connectivity index (χ0n) is 8.80. The maximum absolute atomic E-state index is 5.82. The minimum atomic E-state index is 0. The van der Waals surface area contributed by atoms with Crippen LogP contribution in [0.2, 0.25) is 0 Å². The lowest BCUT2D eigenvalue weighted by atomic mass is 9.92. The maximum Gasteiger partial charge on any atom is 0.0229 e. The molecule has 0 bridgehead atoms. The summed E-state index contributed by atoms with van der Waals surface area (Å²) in [6.45, 7) is 7.52. The first kappa shape index (κ1) is 13.9. The topological polar surface area (TPSA) is 26.0 Å². The number of rotatable bonds is 5. The second kappa shape index (κ2) is 7.27. The van der Waals surface area contributed by atoms with Crippen LogP contribution in [0.25, 0.3) is 0 Å². The summed E-state index contributed by atoms with van der Waals surface area (Å²) < 4.78 is 0. The average Bonchev–Trinajstić information content (AvgIpc) is 2.26. The zero-order chi connectivity index (χ0) is 10.4. The van der Waals surface area contributed by atoms with E-state index in [0.717, 1.165) is 6.42 Å². The van der Waals surface area contributed by atoms with Crippen molar-refractivity contribution in [3.63, 3.8) is 0 Å². The predicted octanol–water partition coefficient (Wildman–Crippen LogP) is 3.28. The van der Waals surface area contributed by atoms with E-state index in [1.165, 1.54) is 5.56 Å². The molecule has 0 spiro atoms. The molecule has 2 N–H and O–H groups in total. The fourth-order valence-electron chi connectivity index (χ4n) is 1.46. The Balaban J connectivity index is 0.00000196. The summed E-state index contributed by atoms with van der Waals surface area (Å²) in [5.74, 6) is 0.323. The largest absolute Gasteiger partial charge is 0.324 e. The Kier molecular flexibility index (Phi) is 6.76. The smallest absolute Gasteiger partial charge is 0.0229 e. The lowest BCUT2D eigenvalue weighted by molar-refractivity contribution is 0.665. The van der Waals surface area contributed by atoms with Crippen molar-refractivity contribution in [3.05, 3.63) is 61.2 Å². The minimum absolute atomic E-state index is 0. The molecule has 0 aliphatic carbocycles. The van der Waals surface area contributed by atoms with Crippen molar-refractivity contribution in [3.8, 4) is 0 Å². The molecule has 0 aliphatic rings. The lowest BCUT2D eigenvalue weighted by Gasteiger charge is -2.15. The molecule has 0 amide bonds. The molecule has 0 saturated carbocycles. The first-order valence-electron chi connectivity index (χ1n) is 4.83. The van der Waals surface area contributed by atoms with E-state index >= 15 is 0 Å². The molecule has 1 nitrogen and oxygen atoms in total. The van der Waals surface area contributed by atoms with Crippen LogP contribution in [-0.2, 0) is 0 Å². The van der Waals surface area contributed by atoms with Gasteiger partial charge >= 0.3 is 0 Å². The number of benzene rings is 1. The van der Waals surface area contributed by atoms with Crippen molar-refractivity contribution in [2.75, 3.05) is 0 Å². The van der Waals surface area contributed by atoms with Gasteiger partial charge in [-0.2, -0.15) is 0 Å². The van der Waals surface area contributed by atoms with Gasteiger partial charge in [0.2, 0.25) is 0 Å². The van der Waals surface area contributed by atoms with Gasteiger partial charge in [-0.3, -0.25) is 0 Å². The van der Waals surface area contributed by atoms with E-state index in [4.69, 9.17) is 5.73 Å². The molecule has 82 valence electrons. The molecule has 0 fully saturated rings. The van der Waals surface area contributed by atoms with Crippen LogP contribution >= 0.6 is 12.4 Å². The van der Waals surface area contributed by atoms with Gasteiger partial charge < -0.3 is 5.73 Å². The van der Waals surface area contributed by atoms with Crippen molar-refractivity contribution in [1.29, 1.82) is 0 Å². The van der Waals surface area contributed by atoms with Crippen LogP contribution in [0.15, 0.2) is 55.6 Å². The second-order valence-electron chi connectivity index (χ2n) is 3.39. The van der Waals surface area contributed by atoms with Gasteiger partial charge in [-0.05, 0) is 12.0 Å². The van der Waals surface area contributed by atoms with E-state index in [2.05, 4.69) is 25.3 Å². The van der Waals surface area contributed by atoms with E-state index < -0.39 is 0 Å². The molecule has 2 unspecified atom stereocenters. The third-order valence-electron chi connectivity index (χ3n) is 2.34. The molecule has 2 atom stereocenters. The van der Waals surface area contributed by atoms with Crippen LogP contribution in [0, 0.1) is 0 Å². The molecule has 0 saturated heterocycles. The van der Waals surface area contributed by atoms with Gasteiger partial charge in [0.15, 0.2) is 0 Å². The molecule has 1 aromatic carbocycles. The van der Waals surface area contributed by atoms with Crippen LogP contribution in [0.1, 0.15) is 17.9 Å². The van der Waals surface area contributed by atoms with Crippen LogP contribution < -0.4 is 5.73 Å². The van der Waals surface area contributed by atoms with Gasteiger partial charge in [0.05, 0.1) is 0 Å². The van der Waals surface area contributed by atoms with Crippen molar-refractivity contribution >= 4 is 12.4 Å². The number of hydrogen-bond donors (Lipinski definition) is 1. The van der Waals surface area contributed by atoms with Crippen molar-refractivity contribution in [1.82, 2.24) is 0 Å². The monoisotopic (exact) mass is 223 g/mol.